The van der Waals surface area contributed by atoms with Crippen molar-refractivity contribution in [3.63, 3.8) is 0 Å². The first-order valence-electron chi connectivity index (χ1n) is 7.24. The number of ether oxygens (including phenoxy) is 2. The first kappa shape index (κ1) is 16.1. The molecular formula is C17H15ClN2O4. The molecule has 0 bridgehead atoms. The Morgan fingerprint density at radius 3 is 2.79 bits per heavy atom. The van der Waals surface area contributed by atoms with E-state index in [2.05, 4.69) is 5.32 Å². The van der Waals surface area contributed by atoms with E-state index in [0.717, 1.165) is 0 Å². The number of nitrogens with zero attached hydrogens (tertiary/aromatic N) is 1. The summed E-state index contributed by atoms with van der Waals surface area (Å²) in [6.45, 7) is -0.117. The molecule has 24 heavy (non-hydrogen) atoms. The number of hydrogen-bond donors (Lipinski definition) is 1. The van der Waals surface area contributed by atoms with E-state index in [-0.39, 0.29) is 25.0 Å². The standard InChI is InChI=1S/C17H15ClN2O4/c1-20-14-8-12(4-7-15(14)24-10-17(20)22)19-16(21)9-23-13-5-2-11(18)3-6-13/h2-8H,9-10H2,1H3,(H,19,21). The van der Waals surface area contributed by atoms with E-state index in [1.165, 1.54) is 4.90 Å². The fourth-order valence-electron chi connectivity index (χ4n) is 2.23. The van der Waals surface area contributed by atoms with Crippen molar-refractivity contribution in [1.29, 1.82) is 0 Å². The lowest BCUT2D eigenvalue weighted by Gasteiger charge is -2.26. The molecule has 2 amide bonds. The fraction of sp³-hybridized carbons (Fsp3) is 0.176. The highest BCUT2D eigenvalue weighted by atomic mass is 35.5. The van der Waals surface area contributed by atoms with Gasteiger partial charge in [0.1, 0.15) is 11.5 Å². The van der Waals surface area contributed by atoms with Gasteiger partial charge in [-0.2, -0.15) is 0 Å². The van der Waals surface area contributed by atoms with Gasteiger partial charge in [0.2, 0.25) is 0 Å². The number of rotatable bonds is 4. The molecule has 0 spiro atoms. The van der Waals surface area contributed by atoms with Gasteiger partial charge in [-0.1, -0.05) is 11.6 Å². The van der Waals surface area contributed by atoms with Crippen molar-refractivity contribution >= 4 is 34.8 Å². The number of halogens is 1. The summed E-state index contributed by atoms with van der Waals surface area (Å²) < 4.78 is 10.7. The Kier molecular flexibility index (Phi) is 4.57. The Labute approximate surface area is 143 Å². The maximum absolute atomic E-state index is 12.0. The molecule has 0 atom stereocenters. The van der Waals surface area contributed by atoms with Gasteiger partial charge in [0, 0.05) is 17.8 Å². The molecule has 2 aromatic carbocycles. The predicted molar refractivity (Wildman–Crippen MR) is 90.9 cm³/mol. The molecule has 0 saturated heterocycles. The summed E-state index contributed by atoms with van der Waals surface area (Å²) in [6, 6.07) is 11.9. The maximum atomic E-state index is 12.0. The molecule has 7 heteroatoms. The number of carbonyl (C=O) groups excluding carboxylic acids is 2. The Morgan fingerprint density at radius 1 is 1.29 bits per heavy atom. The summed E-state index contributed by atoms with van der Waals surface area (Å²) >= 11 is 5.79. The van der Waals surface area contributed by atoms with Crippen LogP contribution in [0.1, 0.15) is 0 Å². The first-order chi connectivity index (χ1) is 11.5. The van der Waals surface area contributed by atoms with Crippen LogP contribution in [0.5, 0.6) is 11.5 Å². The largest absolute Gasteiger partial charge is 0.484 e. The zero-order valence-electron chi connectivity index (χ0n) is 12.9. The number of fused-ring (bicyclic) bond motifs is 1. The minimum absolute atomic E-state index is 0.0180. The average molecular weight is 347 g/mol. The SMILES string of the molecule is CN1C(=O)COc2ccc(NC(=O)COc3ccc(Cl)cc3)cc21. The molecule has 1 aliphatic heterocycles. The number of hydrogen-bond acceptors (Lipinski definition) is 4. The third-order valence-electron chi connectivity index (χ3n) is 3.51. The van der Waals surface area contributed by atoms with Gasteiger partial charge in [-0.25, -0.2) is 0 Å². The van der Waals surface area contributed by atoms with Crippen LogP contribution >= 0.6 is 11.6 Å². The monoisotopic (exact) mass is 346 g/mol. The van der Waals surface area contributed by atoms with Crippen molar-refractivity contribution < 1.29 is 19.1 Å². The lowest BCUT2D eigenvalue weighted by Crippen LogP contribution is -2.35. The molecule has 6 nitrogen and oxygen atoms in total. The minimum atomic E-state index is -0.310. The highest BCUT2D eigenvalue weighted by molar-refractivity contribution is 6.30. The summed E-state index contributed by atoms with van der Waals surface area (Å²) in [7, 11) is 1.67. The molecule has 0 radical (unpaired) electrons. The van der Waals surface area contributed by atoms with Crippen molar-refractivity contribution in [2.45, 2.75) is 0 Å². The number of amides is 2. The third-order valence-corrected chi connectivity index (χ3v) is 3.76. The summed E-state index contributed by atoms with van der Waals surface area (Å²) in [5, 5.41) is 3.32. The van der Waals surface area contributed by atoms with Crippen LogP contribution in [-0.2, 0) is 9.59 Å². The highest BCUT2D eigenvalue weighted by Gasteiger charge is 2.22. The summed E-state index contributed by atoms with van der Waals surface area (Å²) in [5.41, 5.74) is 1.17. The van der Waals surface area contributed by atoms with Crippen LogP contribution in [-0.4, -0.2) is 32.1 Å². The van der Waals surface area contributed by atoms with Crippen LogP contribution in [0, 0.1) is 0 Å². The Morgan fingerprint density at radius 2 is 2.04 bits per heavy atom. The number of likely N-dealkylation sites (N-methyl/N-ethyl adjacent to an activating group) is 1. The lowest BCUT2D eigenvalue weighted by atomic mass is 10.2. The molecule has 0 fully saturated rings. The normalized spacial score (nSPS) is 13.1. The molecule has 0 aromatic heterocycles. The van der Waals surface area contributed by atoms with Gasteiger partial charge in [0.05, 0.1) is 5.69 Å². The second kappa shape index (κ2) is 6.80. The number of carbonyl (C=O) groups is 2. The van der Waals surface area contributed by atoms with E-state index in [1.54, 1.807) is 49.5 Å². The first-order valence-corrected chi connectivity index (χ1v) is 7.62. The van der Waals surface area contributed by atoms with E-state index in [4.69, 9.17) is 21.1 Å². The van der Waals surface area contributed by atoms with E-state index >= 15 is 0 Å². The maximum Gasteiger partial charge on any atom is 0.264 e. The van der Waals surface area contributed by atoms with Gasteiger partial charge in [-0.05, 0) is 42.5 Å². The molecule has 2 aromatic rings. The lowest BCUT2D eigenvalue weighted by molar-refractivity contribution is -0.121. The molecule has 1 aliphatic rings. The molecule has 0 saturated carbocycles. The fourth-order valence-corrected chi connectivity index (χ4v) is 2.35. The number of anilines is 2. The van der Waals surface area contributed by atoms with Gasteiger partial charge >= 0.3 is 0 Å². The molecule has 1 heterocycles. The highest BCUT2D eigenvalue weighted by Crippen LogP contribution is 2.33. The van der Waals surface area contributed by atoms with E-state index in [9.17, 15) is 9.59 Å². The van der Waals surface area contributed by atoms with Crippen molar-refractivity contribution in [3.05, 3.63) is 47.5 Å². The van der Waals surface area contributed by atoms with Gasteiger partial charge in [-0.15, -0.1) is 0 Å². The van der Waals surface area contributed by atoms with Gasteiger partial charge in [0.25, 0.3) is 11.8 Å². The Bertz CT molecular complexity index is 777. The van der Waals surface area contributed by atoms with Crippen molar-refractivity contribution in [2.24, 2.45) is 0 Å². The van der Waals surface area contributed by atoms with Crippen molar-refractivity contribution in [3.8, 4) is 11.5 Å². The van der Waals surface area contributed by atoms with Crippen LogP contribution in [0.4, 0.5) is 11.4 Å². The summed E-state index contributed by atoms with van der Waals surface area (Å²) in [6.07, 6.45) is 0. The van der Waals surface area contributed by atoms with Gasteiger partial charge in [-0.3, -0.25) is 9.59 Å². The van der Waals surface area contributed by atoms with E-state index < -0.39 is 0 Å². The van der Waals surface area contributed by atoms with Crippen molar-refractivity contribution in [2.75, 3.05) is 30.5 Å². The zero-order valence-corrected chi connectivity index (χ0v) is 13.7. The third kappa shape index (κ3) is 3.60. The minimum Gasteiger partial charge on any atom is -0.484 e. The Hall–Kier alpha value is -2.73. The molecule has 124 valence electrons. The van der Waals surface area contributed by atoms with Crippen LogP contribution in [0.25, 0.3) is 0 Å². The molecule has 0 aliphatic carbocycles. The number of benzene rings is 2. The average Bonchev–Trinajstić information content (AvgIpc) is 2.58. The van der Waals surface area contributed by atoms with Crippen LogP contribution in [0.2, 0.25) is 5.02 Å². The quantitative estimate of drug-likeness (QED) is 0.924. The van der Waals surface area contributed by atoms with Crippen LogP contribution in [0.15, 0.2) is 42.5 Å². The van der Waals surface area contributed by atoms with Crippen LogP contribution in [0.3, 0.4) is 0 Å². The summed E-state index contributed by atoms with van der Waals surface area (Å²) in [5.74, 6) is 0.707. The van der Waals surface area contributed by atoms with E-state index in [0.29, 0.717) is 27.9 Å². The molecule has 3 rings (SSSR count). The van der Waals surface area contributed by atoms with Crippen molar-refractivity contribution in [1.82, 2.24) is 0 Å². The predicted octanol–water partition coefficient (Wildman–Crippen LogP) is 2.71. The van der Waals surface area contributed by atoms with Crippen LogP contribution < -0.4 is 19.7 Å². The zero-order chi connectivity index (χ0) is 17.1. The summed E-state index contributed by atoms with van der Waals surface area (Å²) in [4.78, 5) is 25.1. The number of nitrogens with one attached hydrogen (secondary N) is 1. The molecule has 0 unspecified atom stereocenters. The second-order valence-electron chi connectivity index (χ2n) is 5.21. The Balaban J connectivity index is 1.62. The molecular weight excluding hydrogens is 332 g/mol. The topological polar surface area (TPSA) is 67.9 Å². The van der Waals surface area contributed by atoms with Gasteiger partial charge in [0.15, 0.2) is 13.2 Å². The van der Waals surface area contributed by atoms with Gasteiger partial charge < -0.3 is 19.7 Å². The van der Waals surface area contributed by atoms with E-state index in [1.807, 2.05) is 0 Å². The second-order valence-corrected chi connectivity index (χ2v) is 5.65. The molecule has 1 N–H and O–H groups in total. The smallest absolute Gasteiger partial charge is 0.264 e.